The van der Waals surface area contributed by atoms with Gasteiger partial charge in [-0.15, -0.1) is 11.8 Å². The van der Waals surface area contributed by atoms with Gasteiger partial charge < -0.3 is 0 Å². The van der Waals surface area contributed by atoms with E-state index in [2.05, 4.69) is 13.8 Å². The Morgan fingerprint density at radius 2 is 2.00 bits per heavy atom. The molecule has 2 unspecified atom stereocenters. The fourth-order valence-electron chi connectivity index (χ4n) is 1.69. The van der Waals surface area contributed by atoms with Crippen molar-refractivity contribution in [2.45, 2.75) is 51.8 Å². The normalized spacial score (nSPS) is 23.3. The van der Waals surface area contributed by atoms with Crippen molar-refractivity contribution >= 4 is 23.6 Å². The molecule has 0 aliphatic carbocycles. The van der Waals surface area contributed by atoms with Gasteiger partial charge in [0.05, 0.1) is 5.25 Å². The number of thioether (sulfide) groups is 1. The van der Waals surface area contributed by atoms with Crippen LogP contribution in [0.25, 0.3) is 0 Å². The molecule has 1 aliphatic rings. The summed E-state index contributed by atoms with van der Waals surface area (Å²) in [5.41, 5.74) is 0. The molecule has 2 atom stereocenters. The molecule has 1 rings (SSSR count). The lowest BCUT2D eigenvalue weighted by atomic mass is 10.2. The Kier molecular flexibility index (Phi) is 4.84. The monoisotopic (exact) mass is 243 g/mol. The first-order valence-electron chi connectivity index (χ1n) is 5.94. The van der Waals surface area contributed by atoms with Crippen LogP contribution in [0.2, 0.25) is 0 Å². The lowest BCUT2D eigenvalue weighted by molar-refractivity contribution is -0.140. The lowest BCUT2D eigenvalue weighted by Gasteiger charge is -2.19. The molecule has 1 aliphatic heterocycles. The maximum absolute atomic E-state index is 11.9. The SMILES string of the molecule is CCC(C)CSC1CC(=O)N(C(C)C)C1=O. The van der Waals surface area contributed by atoms with Crippen LogP contribution in [0.5, 0.6) is 0 Å². The van der Waals surface area contributed by atoms with E-state index in [0.717, 1.165) is 12.2 Å². The number of hydrogen-bond acceptors (Lipinski definition) is 3. The molecule has 3 nitrogen and oxygen atoms in total. The van der Waals surface area contributed by atoms with Gasteiger partial charge in [0.2, 0.25) is 11.8 Å². The molecule has 0 bridgehead atoms. The van der Waals surface area contributed by atoms with Gasteiger partial charge in [-0.2, -0.15) is 0 Å². The zero-order valence-corrected chi connectivity index (χ0v) is 11.3. The van der Waals surface area contributed by atoms with Crippen molar-refractivity contribution in [3.8, 4) is 0 Å². The molecule has 16 heavy (non-hydrogen) atoms. The minimum Gasteiger partial charge on any atom is -0.279 e. The molecule has 0 aromatic carbocycles. The van der Waals surface area contributed by atoms with Crippen LogP contribution in [0.4, 0.5) is 0 Å². The summed E-state index contributed by atoms with van der Waals surface area (Å²) in [6.07, 6.45) is 1.51. The molecule has 0 radical (unpaired) electrons. The number of likely N-dealkylation sites (tertiary alicyclic amines) is 1. The Morgan fingerprint density at radius 3 is 2.44 bits per heavy atom. The molecule has 92 valence electrons. The summed E-state index contributed by atoms with van der Waals surface area (Å²) < 4.78 is 0. The Morgan fingerprint density at radius 1 is 1.38 bits per heavy atom. The highest BCUT2D eigenvalue weighted by Crippen LogP contribution is 2.28. The van der Waals surface area contributed by atoms with Gasteiger partial charge in [-0.1, -0.05) is 20.3 Å². The number of imide groups is 1. The summed E-state index contributed by atoms with van der Waals surface area (Å²) in [7, 11) is 0. The lowest BCUT2D eigenvalue weighted by Crippen LogP contribution is -2.37. The third-order valence-corrected chi connectivity index (χ3v) is 4.47. The van der Waals surface area contributed by atoms with E-state index in [1.165, 1.54) is 4.90 Å². The maximum Gasteiger partial charge on any atom is 0.243 e. The summed E-state index contributed by atoms with van der Waals surface area (Å²) in [6, 6.07) is -0.00537. The Labute approximate surface area is 102 Å². The van der Waals surface area contributed by atoms with Gasteiger partial charge in [0.25, 0.3) is 0 Å². The van der Waals surface area contributed by atoms with Gasteiger partial charge in [-0.05, 0) is 25.5 Å². The number of carbonyl (C=O) groups is 2. The molecule has 0 spiro atoms. The van der Waals surface area contributed by atoms with Crippen LogP contribution in [-0.2, 0) is 9.59 Å². The number of carbonyl (C=O) groups excluding carboxylic acids is 2. The predicted octanol–water partition coefficient (Wildman–Crippen LogP) is 2.30. The van der Waals surface area contributed by atoms with Gasteiger partial charge in [-0.3, -0.25) is 14.5 Å². The molecular weight excluding hydrogens is 222 g/mol. The van der Waals surface area contributed by atoms with E-state index in [-0.39, 0.29) is 23.1 Å². The van der Waals surface area contributed by atoms with Crippen molar-refractivity contribution in [3.63, 3.8) is 0 Å². The van der Waals surface area contributed by atoms with E-state index in [9.17, 15) is 9.59 Å². The summed E-state index contributed by atoms with van der Waals surface area (Å²) in [6.45, 7) is 8.09. The fraction of sp³-hybridized carbons (Fsp3) is 0.833. The molecule has 0 N–H and O–H groups in total. The first-order valence-corrected chi connectivity index (χ1v) is 6.99. The van der Waals surface area contributed by atoms with Crippen LogP contribution in [0.3, 0.4) is 0 Å². The van der Waals surface area contributed by atoms with Crippen molar-refractivity contribution in [1.82, 2.24) is 4.90 Å². The highest BCUT2D eigenvalue weighted by Gasteiger charge is 2.39. The largest absolute Gasteiger partial charge is 0.279 e. The minimum atomic E-state index is -0.135. The minimum absolute atomic E-state index is 0.00537. The zero-order chi connectivity index (χ0) is 12.3. The first-order chi connectivity index (χ1) is 7.47. The topological polar surface area (TPSA) is 37.4 Å². The van der Waals surface area contributed by atoms with Gasteiger partial charge in [0.1, 0.15) is 0 Å². The molecule has 0 aromatic heterocycles. The number of rotatable bonds is 5. The predicted molar refractivity (Wildman–Crippen MR) is 67.3 cm³/mol. The number of hydrogen-bond donors (Lipinski definition) is 0. The highest BCUT2D eigenvalue weighted by molar-refractivity contribution is 8.00. The smallest absolute Gasteiger partial charge is 0.243 e. The van der Waals surface area contributed by atoms with Crippen molar-refractivity contribution < 1.29 is 9.59 Å². The first kappa shape index (κ1) is 13.6. The van der Waals surface area contributed by atoms with E-state index in [1.54, 1.807) is 11.8 Å². The molecule has 1 saturated heterocycles. The van der Waals surface area contributed by atoms with E-state index in [0.29, 0.717) is 12.3 Å². The molecule has 1 fully saturated rings. The van der Waals surface area contributed by atoms with Crippen LogP contribution in [0.15, 0.2) is 0 Å². The third kappa shape index (κ3) is 3.00. The maximum atomic E-state index is 11.9. The second-order valence-electron chi connectivity index (χ2n) is 4.74. The van der Waals surface area contributed by atoms with Crippen LogP contribution in [0, 0.1) is 5.92 Å². The van der Waals surface area contributed by atoms with Crippen LogP contribution in [0.1, 0.15) is 40.5 Å². The summed E-state index contributed by atoms with van der Waals surface area (Å²) in [5, 5.41) is -0.135. The van der Waals surface area contributed by atoms with Crippen LogP contribution >= 0.6 is 11.8 Å². The van der Waals surface area contributed by atoms with Crippen molar-refractivity contribution in [2.24, 2.45) is 5.92 Å². The molecule has 4 heteroatoms. The Balaban J connectivity index is 2.52. The van der Waals surface area contributed by atoms with Crippen LogP contribution in [-0.4, -0.2) is 33.8 Å². The Hall–Kier alpha value is -0.510. The molecule has 1 heterocycles. The quantitative estimate of drug-likeness (QED) is 0.695. The van der Waals surface area contributed by atoms with E-state index >= 15 is 0 Å². The van der Waals surface area contributed by atoms with Crippen molar-refractivity contribution in [3.05, 3.63) is 0 Å². The number of nitrogens with zero attached hydrogens (tertiary/aromatic N) is 1. The van der Waals surface area contributed by atoms with Gasteiger partial charge in [0, 0.05) is 12.5 Å². The zero-order valence-electron chi connectivity index (χ0n) is 10.5. The van der Waals surface area contributed by atoms with Gasteiger partial charge in [0.15, 0.2) is 0 Å². The second-order valence-corrected chi connectivity index (χ2v) is 5.97. The van der Waals surface area contributed by atoms with E-state index < -0.39 is 0 Å². The summed E-state index contributed by atoms with van der Waals surface area (Å²) in [5.74, 6) is 1.57. The number of amides is 2. The summed E-state index contributed by atoms with van der Waals surface area (Å²) in [4.78, 5) is 25.0. The second kappa shape index (κ2) is 5.71. The summed E-state index contributed by atoms with van der Waals surface area (Å²) >= 11 is 1.64. The van der Waals surface area contributed by atoms with E-state index in [4.69, 9.17) is 0 Å². The Bertz CT molecular complexity index is 278. The van der Waals surface area contributed by atoms with Crippen LogP contribution < -0.4 is 0 Å². The van der Waals surface area contributed by atoms with E-state index in [1.807, 2.05) is 13.8 Å². The molecular formula is C12H21NO2S. The van der Waals surface area contributed by atoms with Gasteiger partial charge >= 0.3 is 0 Å². The average molecular weight is 243 g/mol. The third-order valence-electron chi connectivity index (χ3n) is 2.94. The van der Waals surface area contributed by atoms with Crippen molar-refractivity contribution in [1.29, 1.82) is 0 Å². The van der Waals surface area contributed by atoms with Gasteiger partial charge in [-0.25, -0.2) is 0 Å². The van der Waals surface area contributed by atoms with Crippen molar-refractivity contribution in [2.75, 3.05) is 5.75 Å². The standard InChI is InChI=1S/C12H21NO2S/c1-5-9(4)7-16-10-6-11(14)13(8(2)3)12(10)15/h8-10H,5-7H2,1-4H3. The molecule has 2 amide bonds. The average Bonchev–Trinajstić information content (AvgIpc) is 2.50. The molecule has 0 saturated carbocycles. The highest BCUT2D eigenvalue weighted by atomic mass is 32.2. The molecule has 0 aromatic rings. The fourth-order valence-corrected chi connectivity index (χ4v) is 3.01.